The zero-order valence-electron chi connectivity index (χ0n) is 49.6. The Morgan fingerprint density at radius 1 is 0.838 bits per heavy atom. The maximum absolute atomic E-state index is 15.0. The van der Waals surface area contributed by atoms with E-state index in [1.165, 1.54) is 66.6 Å². The number of ether oxygens (including phenoxy) is 3. The summed E-state index contributed by atoms with van der Waals surface area (Å²) in [6, 6.07) is -2.25. The highest BCUT2D eigenvalue weighted by molar-refractivity contribution is 6.35. The molecule has 1 aromatic rings. The lowest BCUT2D eigenvalue weighted by Gasteiger charge is -2.37. The number of fused-ring (bicyclic) bond motifs is 1. The van der Waals surface area contributed by atoms with Gasteiger partial charge in [0, 0.05) is 47.6 Å². The molecule has 22 heteroatoms. The quantitative estimate of drug-likeness (QED) is 0.129. The molecule has 3 aliphatic heterocycles. The Bertz CT molecular complexity index is 2410. The van der Waals surface area contributed by atoms with Gasteiger partial charge < -0.3 is 54.5 Å². The molecular formula is C58H89N7O15. The van der Waals surface area contributed by atoms with Gasteiger partial charge in [0.1, 0.15) is 48.1 Å². The maximum Gasteiger partial charge on any atom is 0.329 e. The number of ketones is 2. The highest BCUT2D eigenvalue weighted by Gasteiger charge is 2.47. The van der Waals surface area contributed by atoms with Crippen molar-refractivity contribution in [2.24, 2.45) is 29.6 Å². The Morgan fingerprint density at radius 3 is 2.01 bits per heavy atom. The molecule has 80 heavy (non-hydrogen) atoms. The molecule has 446 valence electrons. The highest BCUT2D eigenvalue weighted by Crippen LogP contribution is 2.28. The van der Waals surface area contributed by atoms with Gasteiger partial charge >= 0.3 is 11.9 Å². The van der Waals surface area contributed by atoms with Gasteiger partial charge in [-0.2, -0.15) is 0 Å². The molecule has 7 amide bonds. The van der Waals surface area contributed by atoms with Crippen LogP contribution in [0.5, 0.6) is 5.75 Å². The summed E-state index contributed by atoms with van der Waals surface area (Å²) < 4.78 is 17.3. The number of rotatable bonds is 15. The van der Waals surface area contributed by atoms with Crippen LogP contribution in [0, 0.1) is 29.6 Å². The second-order valence-electron chi connectivity index (χ2n) is 23.2. The topological polar surface area (TPSA) is 276 Å². The average Bonchev–Trinajstić information content (AvgIpc) is 4.12. The number of aliphatic hydroxyl groups is 1. The Balaban J connectivity index is 1.91. The van der Waals surface area contributed by atoms with Gasteiger partial charge in [-0.1, -0.05) is 73.9 Å². The number of hydrogen-bond acceptors (Lipinski definition) is 15. The summed E-state index contributed by atoms with van der Waals surface area (Å²) in [7, 11) is 5.69. The van der Waals surface area contributed by atoms with E-state index in [2.05, 4.69) is 10.6 Å². The minimum absolute atomic E-state index is 0.0547. The van der Waals surface area contributed by atoms with Crippen molar-refractivity contribution in [2.75, 3.05) is 41.3 Å². The van der Waals surface area contributed by atoms with Gasteiger partial charge in [-0.25, -0.2) is 4.79 Å². The van der Waals surface area contributed by atoms with Crippen LogP contribution in [0.3, 0.4) is 0 Å². The van der Waals surface area contributed by atoms with E-state index in [1.807, 2.05) is 27.7 Å². The predicted molar refractivity (Wildman–Crippen MR) is 294 cm³/mol. The molecule has 0 saturated carbocycles. The van der Waals surface area contributed by atoms with Crippen molar-refractivity contribution in [3.63, 3.8) is 0 Å². The molecule has 4 rings (SSSR count). The zero-order chi connectivity index (χ0) is 60.2. The summed E-state index contributed by atoms with van der Waals surface area (Å²) >= 11 is 0. The van der Waals surface area contributed by atoms with Gasteiger partial charge in [0.15, 0.2) is 11.9 Å². The number of likely N-dealkylation sites (N-methyl/N-ethyl adjacent to an activating group) is 3. The number of Topliss-reactive ketones (excluding diaryl/α,β-unsaturated/α-hetero) is 2. The van der Waals surface area contributed by atoms with Crippen LogP contribution in [0.1, 0.15) is 133 Å². The molecule has 12 atom stereocenters. The van der Waals surface area contributed by atoms with Crippen LogP contribution >= 0.6 is 0 Å². The third-order valence-corrected chi connectivity index (χ3v) is 15.9. The van der Waals surface area contributed by atoms with E-state index in [9.17, 15) is 53.1 Å². The molecule has 3 N–H and O–H groups in total. The fourth-order valence-electron chi connectivity index (χ4n) is 10.8. The Hall–Kier alpha value is -6.45. The molecular weight excluding hydrogens is 1030 g/mol. The third kappa shape index (κ3) is 16.4. The van der Waals surface area contributed by atoms with Crippen molar-refractivity contribution in [1.82, 2.24) is 35.1 Å². The number of benzene rings is 1. The van der Waals surface area contributed by atoms with Crippen molar-refractivity contribution in [2.45, 2.75) is 195 Å². The summed E-state index contributed by atoms with van der Waals surface area (Å²) in [5.41, 5.74) is 0.568. The van der Waals surface area contributed by atoms with Crippen LogP contribution in [0.4, 0.5) is 0 Å². The lowest BCUT2D eigenvalue weighted by molar-refractivity contribution is -0.164. The molecule has 3 saturated heterocycles. The molecule has 0 radical (unpaired) electrons. The van der Waals surface area contributed by atoms with E-state index in [4.69, 9.17) is 14.2 Å². The van der Waals surface area contributed by atoms with Crippen LogP contribution in [0.15, 0.2) is 24.3 Å². The number of cyclic esters (lactones) is 2. The van der Waals surface area contributed by atoms with Crippen molar-refractivity contribution in [3.8, 4) is 5.75 Å². The van der Waals surface area contributed by atoms with Crippen molar-refractivity contribution in [1.29, 1.82) is 0 Å². The lowest BCUT2D eigenvalue weighted by atomic mass is 9.91. The number of carbonyl (C=O) groups excluding carboxylic acids is 11. The summed E-state index contributed by atoms with van der Waals surface area (Å²) in [5.74, 6) is -11.2. The van der Waals surface area contributed by atoms with E-state index in [0.29, 0.717) is 30.6 Å². The van der Waals surface area contributed by atoms with Crippen molar-refractivity contribution in [3.05, 3.63) is 29.8 Å². The average molecular weight is 1120 g/mol. The Labute approximate surface area is 471 Å². The molecule has 22 nitrogen and oxygen atoms in total. The Kier molecular flexibility index (Phi) is 24.2. The number of methoxy groups -OCH3 is 1. The number of nitrogens with one attached hydrogen (secondary N) is 2. The van der Waals surface area contributed by atoms with E-state index in [-0.39, 0.29) is 57.0 Å². The second-order valence-corrected chi connectivity index (χ2v) is 23.2. The van der Waals surface area contributed by atoms with Crippen LogP contribution in [0.2, 0.25) is 0 Å². The molecule has 0 bridgehead atoms. The van der Waals surface area contributed by atoms with Gasteiger partial charge in [-0.3, -0.25) is 47.9 Å². The fraction of sp³-hybridized carbons (Fsp3) is 0.707. The van der Waals surface area contributed by atoms with Crippen molar-refractivity contribution >= 4 is 64.9 Å². The number of likely N-dealkylation sites (tertiary alicyclic amines) is 1. The number of carbonyl (C=O) groups is 11. The summed E-state index contributed by atoms with van der Waals surface area (Å²) in [6.07, 6.45) is -3.73. The number of nitrogens with zero attached hydrogens (tertiary/aromatic N) is 5. The van der Waals surface area contributed by atoms with Crippen LogP contribution in [-0.2, 0) is 68.6 Å². The van der Waals surface area contributed by atoms with Gasteiger partial charge in [0.05, 0.1) is 31.6 Å². The molecule has 1 aromatic carbocycles. The largest absolute Gasteiger partial charge is 0.497 e. The van der Waals surface area contributed by atoms with Crippen LogP contribution in [0.25, 0.3) is 0 Å². The van der Waals surface area contributed by atoms with E-state index in [0.717, 1.165) is 6.92 Å². The molecule has 0 aromatic heterocycles. The summed E-state index contributed by atoms with van der Waals surface area (Å²) in [4.78, 5) is 163. The van der Waals surface area contributed by atoms with Crippen molar-refractivity contribution < 1.29 is 72.1 Å². The standard InChI is InChI=1S/C58H89N7O15/c1-16-34(8)47-45(67)30-46(68)80-50(33(6)7)49(69)35(9)53(72)62(13)43(28-32(4)5)57(76)65-26-18-20-41(65)56(75)63(14)44(29-38-21-23-39(78-15)24-22-38)58(77)79-37(11)48(52(71)59-47)60-51(70)42(27-31(2)3)61(12)55(74)40-19-17-25-64(40)54(73)36(10)66/h21-24,31-35,37,40-45,47-48,50,67H,16-20,25-30H2,1-15H3,(H,59,71)(H,60,70)/t34-,35-,37+,40-,41-,42+,43-,44-,45-,47-,48-,50-/m0/s1. The lowest BCUT2D eigenvalue weighted by Crippen LogP contribution is -2.62. The van der Waals surface area contributed by atoms with E-state index < -0.39 is 150 Å². The van der Waals surface area contributed by atoms with Gasteiger partial charge in [0.25, 0.3) is 5.91 Å². The van der Waals surface area contributed by atoms with Crippen LogP contribution in [-0.4, -0.2) is 196 Å². The first-order valence-corrected chi connectivity index (χ1v) is 28.2. The maximum atomic E-state index is 15.0. The number of aliphatic hydroxyl groups excluding tert-OH is 1. The van der Waals surface area contributed by atoms with Gasteiger partial charge in [-0.15, -0.1) is 0 Å². The fourth-order valence-corrected chi connectivity index (χ4v) is 10.8. The minimum Gasteiger partial charge on any atom is -0.497 e. The monoisotopic (exact) mass is 1120 g/mol. The zero-order valence-corrected chi connectivity index (χ0v) is 49.6. The molecule has 3 heterocycles. The number of esters is 2. The highest BCUT2D eigenvalue weighted by atomic mass is 16.6. The normalized spacial score (nSPS) is 27.2. The second kappa shape index (κ2) is 29.3. The first-order valence-electron chi connectivity index (χ1n) is 28.2. The summed E-state index contributed by atoms with van der Waals surface area (Å²) in [5, 5.41) is 17.4. The van der Waals surface area contributed by atoms with Gasteiger partial charge in [0.2, 0.25) is 41.2 Å². The SMILES string of the molecule is CC[C@H](C)[C@@H]1NC(=O)[C@@H](NC(=O)[C@@H](CC(C)C)N(C)C(=O)[C@@H]2CCCN2C(=O)C(C)=O)[C@@H](C)OC(=O)[C@H](Cc2ccc(OC)cc2)N(C)C(=O)[C@@H]2CCCN2C(=O)[C@H](CC(C)C)N(C)C(=O)[C@@H](C)C(=O)[C@H](C(C)C)OC(=O)C[C@@H]1O. The molecule has 0 spiro atoms. The number of amides is 7. The Morgan fingerprint density at radius 2 is 1.45 bits per heavy atom. The first-order chi connectivity index (χ1) is 37.5. The molecule has 3 aliphatic rings. The van der Waals surface area contributed by atoms with E-state index in [1.54, 1.807) is 52.0 Å². The van der Waals surface area contributed by atoms with Crippen LogP contribution < -0.4 is 15.4 Å². The minimum atomic E-state index is -1.78. The molecule has 0 unspecified atom stereocenters. The predicted octanol–water partition coefficient (Wildman–Crippen LogP) is 2.87. The van der Waals surface area contributed by atoms with Gasteiger partial charge in [-0.05, 0) is 93.7 Å². The van der Waals surface area contributed by atoms with E-state index >= 15 is 4.79 Å². The smallest absolute Gasteiger partial charge is 0.329 e. The molecule has 3 fully saturated rings. The first kappa shape index (κ1) is 66.1. The summed E-state index contributed by atoms with van der Waals surface area (Å²) in [6.45, 7) is 18.2. The third-order valence-electron chi connectivity index (χ3n) is 15.9. The molecule has 0 aliphatic carbocycles. The number of hydrogen-bond donors (Lipinski definition) is 3.